The Morgan fingerprint density at radius 3 is 2.63 bits per heavy atom. The summed E-state index contributed by atoms with van der Waals surface area (Å²) in [5.74, 6) is 0. The van der Waals surface area contributed by atoms with Crippen molar-refractivity contribution in [2.24, 2.45) is 0 Å². The average Bonchev–Trinajstić information content (AvgIpc) is 2.69. The van der Waals surface area contributed by atoms with Gasteiger partial charge in [-0.2, -0.15) is 0 Å². The molecule has 0 saturated heterocycles. The Labute approximate surface area is 132 Å². The smallest absolute Gasteiger partial charge is 0.0685 e. The van der Waals surface area contributed by atoms with Crippen LogP contribution < -0.4 is 5.32 Å². The quantitative estimate of drug-likeness (QED) is 0.763. The maximum atomic E-state index is 6.15. The molecular weight excluding hydrogens is 342 g/mol. The highest BCUT2D eigenvalue weighted by Gasteiger charge is 2.20. The van der Waals surface area contributed by atoms with E-state index in [0.717, 1.165) is 16.0 Å². The minimum absolute atomic E-state index is 0.191. The van der Waals surface area contributed by atoms with Crippen LogP contribution in [0.2, 0.25) is 5.02 Å². The second kappa shape index (κ2) is 6.40. The lowest BCUT2D eigenvalue weighted by Gasteiger charge is -2.20. The molecule has 1 unspecified atom stereocenters. The summed E-state index contributed by atoms with van der Waals surface area (Å²) in [5, 5.41) is 4.33. The fourth-order valence-electron chi connectivity index (χ4n) is 2.23. The molecule has 102 valence electrons. The standard InChI is InChI=1S/C15H17BrClNS/c1-4-18-14(15-9(2)7-10(3)19-15)12-8-11(17)5-6-13(12)16/h5-8,14,18H,4H2,1-3H3. The average molecular weight is 359 g/mol. The molecular formula is C15H17BrClNS. The normalized spacial score (nSPS) is 12.7. The fourth-order valence-corrected chi connectivity index (χ4v) is 4.02. The van der Waals surface area contributed by atoms with Crippen LogP contribution in [-0.2, 0) is 0 Å². The third kappa shape index (κ3) is 3.40. The Morgan fingerprint density at radius 1 is 1.32 bits per heavy atom. The van der Waals surface area contributed by atoms with E-state index in [9.17, 15) is 0 Å². The molecule has 0 aliphatic heterocycles. The lowest BCUT2D eigenvalue weighted by atomic mass is 10.0. The molecule has 2 rings (SSSR count). The van der Waals surface area contributed by atoms with Crippen LogP contribution in [0.5, 0.6) is 0 Å². The monoisotopic (exact) mass is 357 g/mol. The summed E-state index contributed by atoms with van der Waals surface area (Å²) in [4.78, 5) is 2.70. The van der Waals surface area contributed by atoms with E-state index >= 15 is 0 Å². The minimum Gasteiger partial charge on any atom is -0.306 e. The number of thiophene rings is 1. The van der Waals surface area contributed by atoms with Crippen LogP contribution in [0.15, 0.2) is 28.7 Å². The molecule has 0 amide bonds. The van der Waals surface area contributed by atoms with Gasteiger partial charge in [-0.15, -0.1) is 11.3 Å². The van der Waals surface area contributed by atoms with Crippen molar-refractivity contribution in [1.29, 1.82) is 0 Å². The maximum Gasteiger partial charge on any atom is 0.0685 e. The number of benzene rings is 1. The number of rotatable bonds is 4. The Balaban J connectivity index is 2.51. The van der Waals surface area contributed by atoms with Gasteiger partial charge in [-0.25, -0.2) is 0 Å². The van der Waals surface area contributed by atoms with E-state index in [1.54, 1.807) is 0 Å². The highest BCUT2D eigenvalue weighted by Crippen LogP contribution is 2.36. The molecule has 2 aromatic rings. The predicted molar refractivity (Wildman–Crippen MR) is 88.5 cm³/mol. The van der Waals surface area contributed by atoms with Crippen molar-refractivity contribution in [1.82, 2.24) is 5.32 Å². The van der Waals surface area contributed by atoms with E-state index in [0.29, 0.717) is 0 Å². The number of hydrogen-bond acceptors (Lipinski definition) is 2. The summed E-state index contributed by atoms with van der Waals surface area (Å²) in [7, 11) is 0. The third-order valence-corrected chi connectivity index (χ3v) is 5.19. The van der Waals surface area contributed by atoms with E-state index in [4.69, 9.17) is 11.6 Å². The lowest BCUT2D eigenvalue weighted by Crippen LogP contribution is -2.22. The molecule has 0 spiro atoms. The molecule has 1 N–H and O–H groups in total. The van der Waals surface area contributed by atoms with Crippen LogP contribution in [0.1, 0.15) is 33.8 Å². The molecule has 0 radical (unpaired) electrons. The van der Waals surface area contributed by atoms with Gasteiger partial charge in [0.1, 0.15) is 0 Å². The zero-order valence-electron chi connectivity index (χ0n) is 11.3. The van der Waals surface area contributed by atoms with Crippen LogP contribution in [0.4, 0.5) is 0 Å². The van der Waals surface area contributed by atoms with E-state index < -0.39 is 0 Å². The van der Waals surface area contributed by atoms with E-state index in [2.05, 4.69) is 48.1 Å². The van der Waals surface area contributed by atoms with Gasteiger partial charge in [-0.1, -0.05) is 34.5 Å². The number of hydrogen-bond donors (Lipinski definition) is 1. The Morgan fingerprint density at radius 2 is 2.05 bits per heavy atom. The van der Waals surface area contributed by atoms with E-state index in [1.807, 2.05) is 29.5 Å². The Bertz CT molecular complexity index is 580. The molecule has 0 saturated carbocycles. The number of aryl methyl sites for hydroxylation is 2. The van der Waals surface area contributed by atoms with Crippen molar-refractivity contribution in [2.45, 2.75) is 26.8 Å². The van der Waals surface area contributed by atoms with Crippen molar-refractivity contribution in [3.63, 3.8) is 0 Å². The van der Waals surface area contributed by atoms with Gasteiger partial charge in [0.25, 0.3) is 0 Å². The van der Waals surface area contributed by atoms with Crippen LogP contribution in [-0.4, -0.2) is 6.54 Å². The van der Waals surface area contributed by atoms with Crippen molar-refractivity contribution in [3.8, 4) is 0 Å². The van der Waals surface area contributed by atoms with Crippen molar-refractivity contribution < 1.29 is 0 Å². The molecule has 4 heteroatoms. The Kier molecular flexibility index (Phi) is 5.07. The van der Waals surface area contributed by atoms with Gasteiger partial charge in [0.15, 0.2) is 0 Å². The lowest BCUT2D eigenvalue weighted by molar-refractivity contribution is 0.635. The van der Waals surface area contributed by atoms with Gasteiger partial charge in [0.05, 0.1) is 6.04 Å². The van der Waals surface area contributed by atoms with Gasteiger partial charge in [-0.05, 0) is 55.8 Å². The zero-order valence-corrected chi connectivity index (χ0v) is 14.4. The molecule has 19 heavy (non-hydrogen) atoms. The number of nitrogens with one attached hydrogen (secondary N) is 1. The molecule has 0 bridgehead atoms. The SMILES string of the molecule is CCNC(c1cc(Cl)ccc1Br)c1sc(C)cc1C. The summed E-state index contributed by atoms with van der Waals surface area (Å²) in [6.07, 6.45) is 0. The maximum absolute atomic E-state index is 6.15. The summed E-state index contributed by atoms with van der Waals surface area (Å²) in [5.41, 5.74) is 2.53. The highest BCUT2D eigenvalue weighted by atomic mass is 79.9. The molecule has 0 fully saturated rings. The predicted octanol–water partition coefficient (Wildman–Crippen LogP) is 5.48. The molecule has 1 nitrogen and oxygen atoms in total. The second-order valence-electron chi connectivity index (χ2n) is 4.56. The van der Waals surface area contributed by atoms with Gasteiger partial charge in [0, 0.05) is 19.2 Å². The van der Waals surface area contributed by atoms with Gasteiger partial charge in [-0.3, -0.25) is 0 Å². The number of halogens is 2. The molecule has 1 heterocycles. The van der Waals surface area contributed by atoms with Crippen LogP contribution >= 0.6 is 38.9 Å². The molecule has 1 aromatic carbocycles. The Hall–Kier alpha value is -0.350. The summed E-state index contributed by atoms with van der Waals surface area (Å²) >= 11 is 11.6. The molecule has 0 aliphatic carbocycles. The zero-order chi connectivity index (χ0) is 14.0. The van der Waals surface area contributed by atoms with E-state index in [1.165, 1.54) is 20.9 Å². The molecule has 0 aliphatic rings. The minimum atomic E-state index is 0.191. The first-order valence-corrected chi connectivity index (χ1v) is 8.27. The first-order valence-electron chi connectivity index (χ1n) is 6.28. The summed E-state index contributed by atoms with van der Waals surface area (Å²) in [6, 6.07) is 8.38. The summed E-state index contributed by atoms with van der Waals surface area (Å²) in [6.45, 7) is 7.36. The largest absolute Gasteiger partial charge is 0.306 e. The van der Waals surface area contributed by atoms with Crippen molar-refractivity contribution in [3.05, 3.63) is 54.6 Å². The second-order valence-corrected chi connectivity index (χ2v) is 7.14. The molecule has 1 atom stereocenters. The van der Waals surface area contributed by atoms with E-state index in [-0.39, 0.29) is 6.04 Å². The molecule has 1 aromatic heterocycles. The first-order chi connectivity index (χ1) is 9.02. The topological polar surface area (TPSA) is 12.0 Å². The third-order valence-electron chi connectivity index (χ3n) is 3.02. The van der Waals surface area contributed by atoms with Crippen LogP contribution in [0, 0.1) is 13.8 Å². The van der Waals surface area contributed by atoms with Gasteiger partial charge < -0.3 is 5.32 Å². The van der Waals surface area contributed by atoms with Crippen molar-refractivity contribution >= 4 is 38.9 Å². The van der Waals surface area contributed by atoms with Crippen molar-refractivity contribution in [2.75, 3.05) is 6.54 Å². The van der Waals surface area contributed by atoms with Gasteiger partial charge >= 0.3 is 0 Å². The first kappa shape index (κ1) is 15.0. The fraction of sp³-hybridized carbons (Fsp3) is 0.333. The van der Waals surface area contributed by atoms with Crippen LogP contribution in [0.25, 0.3) is 0 Å². The summed E-state index contributed by atoms with van der Waals surface area (Å²) < 4.78 is 1.09. The van der Waals surface area contributed by atoms with Gasteiger partial charge in [0.2, 0.25) is 0 Å². The highest BCUT2D eigenvalue weighted by molar-refractivity contribution is 9.10. The van der Waals surface area contributed by atoms with Crippen LogP contribution in [0.3, 0.4) is 0 Å².